The summed E-state index contributed by atoms with van der Waals surface area (Å²) in [7, 11) is 4.49. The van der Waals surface area contributed by atoms with Crippen LogP contribution in [0.1, 0.15) is 71.1 Å². The van der Waals surface area contributed by atoms with Crippen molar-refractivity contribution in [3.63, 3.8) is 0 Å². The maximum atomic E-state index is 14.2. The van der Waals surface area contributed by atoms with Gasteiger partial charge in [0.15, 0.2) is 0 Å². The number of aliphatic hydroxyl groups is 1. The molecule has 4 aliphatic carbocycles. The summed E-state index contributed by atoms with van der Waals surface area (Å²) in [5.74, 6) is 0.943. The van der Waals surface area contributed by atoms with Crippen LogP contribution in [-0.4, -0.2) is 83.7 Å². The van der Waals surface area contributed by atoms with E-state index in [1.165, 1.54) is 6.42 Å². The first-order chi connectivity index (χ1) is 13.7. The zero-order chi connectivity index (χ0) is 20.5. The Kier molecular flexibility index (Phi) is 4.66. The highest BCUT2D eigenvalue weighted by molar-refractivity contribution is 5.84. The van der Waals surface area contributed by atoms with E-state index in [0.29, 0.717) is 11.8 Å². The number of hydrogen-bond donors (Lipinski definition) is 1. The van der Waals surface area contributed by atoms with Gasteiger partial charge < -0.3 is 14.9 Å². The van der Waals surface area contributed by atoms with E-state index in [0.717, 1.165) is 90.5 Å². The Morgan fingerprint density at radius 2 is 1.76 bits per heavy atom. The van der Waals surface area contributed by atoms with Crippen LogP contribution in [0.15, 0.2) is 0 Å². The van der Waals surface area contributed by atoms with E-state index in [4.69, 9.17) is 0 Å². The quantitative estimate of drug-likeness (QED) is 0.770. The van der Waals surface area contributed by atoms with E-state index in [-0.39, 0.29) is 16.4 Å². The first-order valence-corrected chi connectivity index (χ1v) is 12.1. The van der Waals surface area contributed by atoms with E-state index in [2.05, 4.69) is 35.7 Å². The molecule has 2 saturated heterocycles. The van der Waals surface area contributed by atoms with E-state index in [1.54, 1.807) is 0 Å². The van der Waals surface area contributed by atoms with Gasteiger partial charge in [-0.05, 0) is 96.3 Å². The van der Waals surface area contributed by atoms with Gasteiger partial charge in [0.05, 0.1) is 11.0 Å². The van der Waals surface area contributed by atoms with Crippen molar-refractivity contribution < 1.29 is 9.90 Å². The summed E-state index contributed by atoms with van der Waals surface area (Å²) >= 11 is 0. The maximum absolute atomic E-state index is 14.2. The monoisotopic (exact) mass is 403 g/mol. The SMILES string of the molecule is CCC12CC3CC(O)(C1)CC(C(=O)N1CCCN(C)C4(CCN(C)CC4)C1)(C3)C2. The number of nitrogens with zero attached hydrogens (tertiary/aromatic N) is 3. The molecular formula is C24H41N3O2. The maximum Gasteiger partial charge on any atom is 0.228 e. The van der Waals surface area contributed by atoms with Gasteiger partial charge in [-0.3, -0.25) is 9.69 Å². The van der Waals surface area contributed by atoms with Crippen molar-refractivity contribution in [3.05, 3.63) is 0 Å². The number of piperidine rings is 1. The van der Waals surface area contributed by atoms with Gasteiger partial charge in [0.1, 0.15) is 0 Å². The third-order valence-electron chi connectivity index (χ3n) is 9.78. The van der Waals surface area contributed by atoms with Gasteiger partial charge in [-0.1, -0.05) is 13.3 Å². The number of rotatable bonds is 2. The van der Waals surface area contributed by atoms with Crippen LogP contribution in [0.25, 0.3) is 0 Å². The first kappa shape index (κ1) is 20.3. The standard InChI is InChI=1S/C24H41N3O2/c1-4-21-12-19-13-22(15-21,17-24(29,14-19)16-21)20(28)27-9-5-8-26(3)23(18-27)6-10-25(2)11-7-23/h19,29H,4-18H2,1-3H3. The molecule has 2 heterocycles. The number of carbonyl (C=O) groups is 1. The summed E-state index contributed by atoms with van der Waals surface area (Å²) in [4.78, 5) is 21.4. The molecule has 4 saturated carbocycles. The Labute approximate surface area is 176 Å². The van der Waals surface area contributed by atoms with Gasteiger partial charge in [0.2, 0.25) is 5.91 Å². The van der Waals surface area contributed by atoms with Crippen LogP contribution in [0.5, 0.6) is 0 Å². The van der Waals surface area contributed by atoms with Crippen molar-refractivity contribution >= 4 is 5.91 Å². The zero-order valence-corrected chi connectivity index (χ0v) is 18.9. The lowest BCUT2D eigenvalue weighted by atomic mass is 9.42. The summed E-state index contributed by atoms with van der Waals surface area (Å²) in [6, 6.07) is 0. The van der Waals surface area contributed by atoms with Crippen molar-refractivity contribution in [1.29, 1.82) is 0 Å². The van der Waals surface area contributed by atoms with Crippen molar-refractivity contribution in [2.24, 2.45) is 16.7 Å². The Balaban J connectivity index is 1.42. The highest BCUT2D eigenvalue weighted by Gasteiger charge is 2.65. The fourth-order valence-electron chi connectivity index (χ4n) is 8.59. The minimum atomic E-state index is -0.584. The molecule has 4 atom stereocenters. The Morgan fingerprint density at radius 3 is 2.45 bits per heavy atom. The number of amides is 1. The van der Waals surface area contributed by atoms with Gasteiger partial charge in [-0.25, -0.2) is 0 Å². The molecule has 1 spiro atoms. The normalized spacial score (nSPS) is 45.0. The fourth-order valence-corrected chi connectivity index (χ4v) is 8.59. The molecule has 0 aromatic heterocycles. The molecule has 164 valence electrons. The van der Waals surface area contributed by atoms with E-state index < -0.39 is 5.60 Å². The van der Waals surface area contributed by atoms with E-state index in [9.17, 15) is 9.90 Å². The molecule has 5 nitrogen and oxygen atoms in total. The van der Waals surface area contributed by atoms with Gasteiger partial charge >= 0.3 is 0 Å². The summed E-state index contributed by atoms with van der Waals surface area (Å²) in [6.07, 6.45) is 10.4. The lowest BCUT2D eigenvalue weighted by Crippen LogP contribution is -2.65. The highest BCUT2D eigenvalue weighted by Crippen LogP contribution is 2.68. The molecule has 0 radical (unpaired) electrons. The number of carbonyl (C=O) groups excluding carboxylic acids is 1. The Hall–Kier alpha value is -0.650. The Morgan fingerprint density at radius 1 is 1.00 bits per heavy atom. The van der Waals surface area contributed by atoms with Gasteiger partial charge in [0.25, 0.3) is 0 Å². The molecule has 1 N–H and O–H groups in total. The van der Waals surface area contributed by atoms with E-state index in [1.807, 2.05) is 0 Å². The topological polar surface area (TPSA) is 47.0 Å². The zero-order valence-electron chi connectivity index (χ0n) is 18.9. The highest BCUT2D eigenvalue weighted by atomic mass is 16.3. The van der Waals surface area contributed by atoms with Crippen molar-refractivity contribution in [1.82, 2.24) is 14.7 Å². The summed E-state index contributed by atoms with van der Waals surface area (Å²) in [6.45, 7) is 7.40. The predicted octanol–water partition coefficient (Wildman–Crippen LogP) is 2.73. The molecule has 5 heteroatoms. The van der Waals surface area contributed by atoms with Gasteiger partial charge in [0, 0.05) is 25.2 Å². The third-order valence-corrected chi connectivity index (χ3v) is 9.78. The summed E-state index contributed by atoms with van der Waals surface area (Å²) < 4.78 is 0. The number of hydrogen-bond acceptors (Lipinski definition) is 4. The molecule has 6 rings (SSSR count). The largest absolute Gasteiger partial charge is 0.390 e. The molecular weight excluding hydrogens is 362 g/mol. The summed E-state index contributed by atoms with van der Waals surface area (Å²) in [5.41, 5.74) is -0.531. The molecule has 0 aromatic carbocycles. The van der Waals surface area contributed by atoms with E-state index >= 15 is 0 Å². The molecule has 0 aromatic rings. The molecule has 4 unspecified atom stereocenters. The smallest absolute Gasteiger partial charge is 0.228 e. The predicted molar refractivity (Wildman–Crippen MR) is 115 cm³/mol. The molecule has 6 aliphatic rings. The lowest BCUT2D eigenvalue weighted by Gasteiger charge is -2.65. The molecule has 29 heavy (non-hydrogen) atoms. The van der Waals surface area contributed by atoms with Crippen molar-refractivity contribution in [2.45, 2.75) is 82.3 Å². The van der Waals surface area contributed by atoms with Gasteiger partial charge in [-0.15, -0.1) is 0 Å². The van der Waals surface area contributed by atoms with Crippen LogP contribution >= 0.6 is 0 Å². The van der Waals surface area contributed by atoms with Crippen LogP contribution in [0.2, 0.25) is 0 Å². The fraction of sp³-hybridized carbons (Fsp3) is 0.958. The second-order valence-electron chi connectivity index (χ2n) is 11.9. The average molecular weight is 404 g/mol. The molecule has 4 bridgehead atoms. The second kappa shape index (κ2) is 6.67. The van der Waals surface area contributed by atoms with Crippen molar-refractivity contribution in [2.75, 3.05) is 46.8 Å². The van der Waals surface area contributed by atoms with Crippen LogP contribution in [-0.2, 0) is 4.79 Å². The molecule has 6 fully saturated rings. The molecule has 2 aliphatic heterocycles. The Bertz CT molecular complexity index is 675. The van der Waals surface area contributed by atoms with Crippen LogP contribution < -0.4 is 0 Å². The van der Waals surface area contributed by atoms with Gasteiger partial charge in [-0.2, -0.15) is 0 Å². The average Bonchev–Trinajstić information content (AvgIpc) is 2.81. The second-order valence-corrected chi connectivity index (χ2v) is 11.9. The third kappa shape index (κ3) is 3.18. The first-order valence-electron chi connectivity index (χ1n) is 12.1. The van der Waals surface area contributed by atoms with Crippen LogP contribution in [0.3, 0.4) is 0 Å². The minimum Gasteiger partial charge on any atom is -0.390 e. The van der Waals surface area contributed by atoms with Crippen molar-refractivity contribution in [3.8, 4) is 0 Å². The van der Waals surface area contributed by atoms with Crippen LogP contribution in [0, 0.1) is 16.7 Å². The lowest BCUT2D eigenvalue weighted by molar-refractivity contribution is -0.210. The van der Waals surface area contributed by atoms with Crippen LogP contribution in [0.4, 0.5) is 0 Å². The summed E-state index contributed by atoms with van der Waals surface area (Å²) in [5, 5.41) is 11.4. The number of likely N-dealkylation sites (N-methyl/N-ethyl adjacent to an activating group) is 1. The number of likely N-dealkylation sites (tertiary alicyclic amines) is 1. The molecule has 1 amide bonds. The minimum absolute atomic E-state index is 0.139.